The molecule has 7 heteroatoms. The van der Waals surface area contributed by atoms with Gasteiger partial charge >= 0.3 is 0 Å². The molecule has 0 aromatic heterocycles. The molecule has 2 rings (SSSR count). The van der Waals surface area contributed by atoms with E-state index >= 15 is 0 Å². The van der Waals surface area contributed by atoms with Gasteiger partial charge in [-0.1, -0.05) is 12.1 Å². The van der Waals surface area contributed by atoms with Crippen molar-refractivity contribution in [3.05, 3.63) is 59.7 Å². The van der Waals surface area contributed by atoms with Crippen LogP contribution in [0.1, 0.15) is 17.3 Å². The van der Waals surface area contributed by atoms with Crippen molar-refractivity contribution in [1.82, 2.24) is 4.90 Å². The fourth-order valence-corrected chi connectivity index (χ4v) is 2.27. The third-order valence-corrected chi connectivity index (χ3v) is 3.54. The van der Waals surface area contributed by atoms with Gasteiger partial charge in [-0.05, 0) is 37.3 Å². The predicted molar refractivity (Wildman–Crippen MR) is 89.6 cm³/mol. The third kappa shape index (κ3) is 4.53. The number of ether oxygens (including phenoxy) is 1. The van der Waals surface area contributed by atoms with E-state index in [1.807, 2.05) is 0 Å². The van der Waals surface area contributed by atoms with Crippen LogP contribution in [-0.2, 0) is 4.79 Å². The highest BCUT2D eigenvalue weighted by molar-refractivity contribution is 6.00. The van der Waals surface area contributed by atoms with Crippen LogP contribution in [0.15, 0.2) is 42.5 Å². The molecule has 0 fully saturated rings. The van der Waals surface area contributed by atoms with E-state index in [1.165, 1.54) is 7.11 Å². The van der Waals surface area contributed by atoms with Gasteiger partial charge < -0.3 is 15.0 Å². The molecule has 2 aromatic carbocycles. The van der Waals surface area contributed by atoms with Gasteiger partial charge in [0.1, 0.15) is 23.9 Å². The van der Waals surface area contributed by atoms with E-state index < -0.39 is 29.0 Å². The maximum atomic E-state index is 13.8. The number of carbonyl (C=O) groups is 2. The SMILES string of the molecule is CCN(CC(=O)Nc1ccccc1OC)C(=O)c1cc(F)ccc1F. The number of anilines is 1. The molecular formula is C18H18F2N2O3. The molecule has 0 aliphatic rings. The van der Waals surface area contributed by atoms with Gasteiger partial charge in [0.05, 0.1) is 18.4 Å². The van der Waals surface area contributed by atoms with E-state index in [4.69, 9.17) is 4.74 Å². The van der Waals surface area contributed by atoms with Gasteiger partial charge in [0, 0.05) is 6.54 Å². The Morgan fingerprint density at radius 3 is 2.56 bits per heavy atom. The monoisotopic (exact) mass is 348 g/mol. The number of methoxy groups -OCH3 is 1. The molecule has 5 nitrogen and oxygen atoms in total. The minimum atomic E-state index is -0.838. The number of nitrogens with zero attached hydrogens (tertiary/aromatic N) is 1. The summed E-state index contributed by atoms with van der Waals surface area (Å²) in [5.74, 6) is -2.32. The summed E-state index contributed by atoms with van der Waals surface area (Å²) in [6.45, 7) is 1.50. The van der Waals surface area contributed by atoms with Crippen molar-refractivity contribution in [1.29, 1.82) is 0 Å². The fourth-order valence-electron chi connectivity index (χ4n) is 2.27. The van der Waals surface area contributed by atoms with E-state index in [-0.39, 0.29) is 13.1 Å². The van der Waals surface area contributed by atoms with Crippen LogP contribution in [0.4, 0.5) is 14.5 Å². The largest absolute Gasteiger partial charge is 0.495 e. The predicted octanol–water partition coefficient (Wildman–Crippen LogP) is 3.07. The van der Waals surface area contributed by atoms with Crippen molar-refractivity contribution in [2.24, 2.45) is 0 Å². The van der Waals surface area contributed by atoms with Crippen LogP contribution < -0.4 is 10.1 Å². The van der Waals surface area contributed by atoms with Crippen LogP contribution >= 0.6 is 0 Å². The molecule has 0 aliphatic heterocycles. The maximum Gasteiger partial charge on any atom is 0.257 e. The lowest BCUT2D eigenvalue weighted by Gasteiger charge is -2.21. The van der Waals surface area contributed by atoms with Crippen molar-refractivity contribution >= 4 is 17.5 Å². The summed E-state index contributed by atoms with van der Waals surface area (Å²) >= 11 is 0. The second-order valence-electron chi connectivity index (χ2n) is 5.19. The number of amides is 2. The second-order valence-corrected chi connectivity index (χ2v) is 5.19. The molecule has 0 unspecified atom stereocenters. The highest BCUT2D eigenvalue weighted by atomic mass is 19.1. The third-order valence-electron chi connectivity index (χ3n) is 3.54. The first-order valence-electron chi connectivity index (χ1n) is 7.63. The van der Waals surface area contributed by atoms with Crippen LogP contribution in [0.2, 0.25) is 0 Å². The van der Waals surface area contributed by atoms with Crippen molar-refractivity contribution in [2.45, 2.75) is 6.92 Å². The molecule has 0 saturated carbocycles. The Balaban J connectivity index is 2.12. The lowest BCUT2D eigenvalue weighted by Crippen LogP contribution is -2.38. The van der Waals surface area contributed by atoms with Crippen molar-refractivity contribution in [3.63, 3.8) is 0 Å². The number of carbonyl (C=O) groups excluding carboxylic acids is 2. The number of rotatable bonds is 6. The van der Waals surface area contributed by atoms with Crippen LogP contribution in [0.5, 0.6) is 5.75 Å². The number of hydrogen-bond acceptors (Lipinski definition) is 3. The van der Waals surface area contributed by atoms with Gasteiger partial charge in [-0.3, -0.25) is 9.59 Å². The van der Waals surface area contributed by atoms with Gasteiger partial charge in [-0.2, -0.15) is 0 Å². The number of halogens is 2. The summed E-state index contributed by atoms with van der Waals surface area (Å²) < 4.78 is 32.2. The maximum absolute atomic E-state index is 13.8. The van der Waals surface area contributed by atoms with Gasteiger partial charge in [-0.25, -0.2) is 8.78 Å². The van der Waals surface area contributed by atoms with Gasteiger partial charge in [0.2, 0.25) is 5.91 Å². The molecule has 1 N–H and O–H groups in total. The molecule has 2 aromatic rings. The molecule has 0 aliphatic carbocycles. The molecule has 0 radical (unpaired) electrons. The molecule has 0 spiro atoms. The minimum absolute atomic E-state index is 0.161. The molecule has 0 saturated heterocycles. The van der Waals surface area contributed by atoms with E-state index in [9.17, 15) is 18.4 Å². The van der Waals surface area contributed by atoms with Crippen molar-refractivity contribution in [2.75, 3.05) is 25.5 Å². The average Bonchev–Trinajstić information content (AvgIpc) is 2.61. The molecule has 0 heterocycles. The zero-order valence-corrected chi connectivity index (χ0v) is 13.9. The minimum Gasteiger partial charge on any atom is -0.495 e. The van der Waals surface area contributed by atoms with Crippen molar-refractivity contribution in [3.8, 4) is 5.75 Å². The Hall–Kier alpha value is -2.96. The Labute approximate surface area is 144 Å². The molecule has 2 amide bonds. The molecule has 0 atom stereocenters. The number of benzene rings is 2. The van der Waals surface area contributed by atoms with E-state index in [0.717, 1.165) is 23.1 Å². The van der Waals surface area contributed by atoms with E-state index in [2.05, 4.69) is 5.32 Å². The smallest absolute Gasteiger partial charge is 0.257 e. The first kappa shape index (κ1) is 18.4. The van der Waals surface area contributed by atoms with Gasteiger partial charge in [0.25, 0.3) is 5.91 Å². The Kier molecular flexibility index (Phi) is 6.05. The number of para-hydroxylation sites is 2. The number of hydrogen-bond donors (Lipinski definition) is 1. The fraction of sp³-hybridized carbons (Fsp3) is 0.222. The second kappa shape index (κ2) is 8.23. The van der Waals surface area contributed by atoms with Gasteiger partial charge in [-0.15, -0.1) is 0 Å². The highest BCUT2D eigenvalue weighted by Crippen LogP contribution is 2.23. The van der Waals surface area contributed by atoms with Crippen LogP contribution in [0.25, 0.3) is 0 Å². The lowest BCUT2D eigenvalue weighted by molar-refractivity contribution is -0.116. The number of nitrogens with one attached hydrogen (secondary N) is 1. The molecule has 132 valence electrons. The Bertz CT molecular complexity index is 781. The summed E-state index contributed by atoms with van der Waals surface area (Å²) in [7, 11) is 1.47. The average molecular weight is 348 g/mol. The topological polar surface area (TPSA) is 58.6 Å². The van der Waals surface area contributed by atoms with Crippen LogP contribution in [-0.4, -0.2) is 36.9 Å². The van der Waals surface area contributed by atoms with Gasteiger partial charge in [0.15, 0.2) is 0 Å². The summed E-state index contributed by atoms with van der Waals surface area (Å²) in [4.78, 5) is 25.7. The normalized spacial score (nSPS) is 10.2. The van der Waals surface area contributed by atoms with E-state index in [1.54, 1.807) is 31.2 Å². The highest BCUT2D eigenvalue weighted by Gasteiger charge is 2.21. The molecule has 0 bridgehead atoms. The van der Waals surface area contributed by atoms with E-state index in [0.29, 0.717) is 11.4 Å². The van der Waals surface area contributed by atoms with Crippen LogP contribution in [0, 0.1) is 11.6 Å². The molecular weight excluding hydrogens is 330 g/mol. The summed E-state index contributed by atoms with van der Waals surface area (Å²) in [6, 6.07) is 9.44. The summed E-state index contributed by atoms with van der Waals surface area (Å²) in [5.41, 5.74) is 0.0439. The quantitative estimate of drug-likeness (QED) is 0.873. The lowest BCUT2D eigenvalue weighted by atomic mass is 10.1. The Morgan fingerprint density at radius 1 is 1.16 bits per heavy atom. The number of likely N-dealkylation sites (N-methyl/N-ethyl adjacent to an activating group) is 1. The first-order chi connectivity index (χ1) is 12.0. The summed E-state index contributed by atoms with van der Waals surface area (Å²) in [6.07, 6.45) is 0. The zero-order valence-electron chi connectivity index (χ0n) is 13.9. The molecule has 25 heavy (non-hydrogen) atoms. The standard InChI is InChI=1S/C18H18F2N2O3/c1-3-22(18(24)13-10-12(19)8-9-14(13)20)11-17(23)21-15-6-4-5-7-16(15)25-2/h4-10H,3,11H2,1-2H3,(H,21,23). The summed E-state index contributed by atoms with van der Waals surface area (Å²) in [5, 5.41) is 2.63. The van der Waals surface area contributed by atoms with Crippen molar-refractivity contribution < 1.29 is 23.1 Å². The van der Waals surface area contributed by atoms with Crippen LogP contribution in [0.3, 0.4) is 0 Å². The Morgan fingerprint density at radius 2 is 1.88 bits per heavy atom. The zero-order chi connectivity index (χ0) is 18.4. The first-order valence-corrected chi connectivity index (χ1v) is 7.63.